The minimum absolute atomic E-state index is 0.182. The lowest BCUT2D eigenvalue weighted by atomic mass is 10.0. The van der Waals surface area contributed by atoms with E-state index in [0.29, 0.717) is 6.42 Å². The molecule has 1 aromatic carbocycles. The number of hydrogen-bond acceptors (Lipinski definition) is 2. The van der Waals surface area contributed by atoms with Crippen molar-refractivity contribution in [3.05, 3.63) is 42.2 Å². The van der Waals surface area contributed by atoms with Crippen LogP contribution in [0.15, 0.2) is 36.7 Å². The summed E-state index contributed by atoms with van der Waals surface area (Å²) >= 11 is 0. The van der Waals surface area contributed by atoms with E-state index in [0.717, 1.165) is 22.8 Å². The summed E-state index contributed by atoms with van der Waals surface area (Å²) in [4.78, 5) is 15.9. The van der Waals surface area contributed by atoms with Crippen LogP contribution < -0.4 is 0 Å². The summed E-state index contributed by atoms with van der Waals surface area (Å²) in [6, 6.07) is 7.86. The first kappa shape index (κ1) is 9.84. The Hall–Kier alpha value is -1.70. The van der Waals surface area contributed by atoms with E-state index in [2.05, 4.69) is 4.98 Å². The van der Waals surface area contributed by atoms with Crippen LogP contribution in [0, 0.1) is 0 Å². The maximum Gasteiger partial charge on any atom is 0.165 e. The lowest BCUT2D eigenvalue weighted by Gasteiger charge is -2.03. The quantitative estimate of drug-likeness (QED) is 0.710. The molecule has 0 saturated carbocycles. The van der Waals surface area contributed by atoms with Crippen LogP contribution in [0.3, 0.4) is 0 Å². The van der Waals surface area contributed by atoms with Gasteiger partial charge in [0.1, 0.15) is 0 Å². The molecule has 0 aliphatic heterocycles. The van der Waals surface area contributed by atoms with Gasteiger partial charge >= 0.3 is 0 Å². The van der Waals surface area contributed by atoms with Crippen molar-refractivity contribution in [2.75, 3.05) is 0 Å². The predicted molar refractivity (Wildman–Crippen MR) is 61.0 cm³/mol. The molecule has 0 atom stereocenters. The van der Waals surface area contributed by atoms with Gasteiger partial charge in [0.15, 0.2) is 5.78 Å². The van der Waals surface area contributed by atoms with Crippen molar-refractivity contribution in [1.82, 2.24) is 4.98 Å². The number of aromatic nitrogens is 1. The highest BCUT2D eigenvalue weighted by Gasteiger charge is 2.08. The van der Waals surface area contributed by atoms with Crippen LogP contribution in [0.5, 0.6) is 0 Å². The fraction of sp³-hybridized carbons (Fsp3) is 0.231. The lowest BCUT2D eigenvalue weighted by Crippen LogP contribution is -1.99. The van der Waals surface area contributed by atoms with Crippen LogP contribution in [0.25, 0.3) is 10.8 Å². The largest absolute Gasteiger partial charge is 0.294 e. The molecule has 76 valence electrons. The van der Waals surface area contributed by atoms with Crippen molar-refractivity contribution in [3.8, 4) is 0 Å². The average molecular weight is 199 g/mol. The van der Waals surface area contributed by atoms with Crippen molar-refractivity contribution in [2.24, 2.45) is 0 Å². The molecule has 0 unspecified atom stereocenters. The maximum absolute atomic E-state index is 11.8. The zero-order chi connectivity index (χ0) is 10.7. The summed E-state index contributed by atoms with van der Waals surface area (Å²) in [5.74, 6) is 0.182. The number of nitrogens with zero attached hydrogens (tertiary/aromatic N) is 1. The summed E-state index contributed by atoms with van der Waals surface area (Å²) < 4.78 is 0. The molecule has 0 saturated heterocycles. The summed E-state index contributed by atoms with van der Waals surface area (Å²) in [6.45, 7) is 2.01. The van der Waals surface area contributed by atoms with Gasteiger partial charge in [-0.25, -0.2) is 0 Å². The number of rotatable bonds is 3. The normalized spacial score (nSPS) is 10.5. The molecule has 0 radical (unpaired) electrons. The van der Waals surface area contributed by atoms with E-state index >= 15 is 0 Å². The summed E-state index contributed by atoms with van der Waals surface area (Å²) in [5.41, 5.74) is 0.745. The standard InChI is InChI=1S/C13H13NO/c1-2-5-13(15)12-9-14-8-10-6-3-4-7-11(10)12/h3-4,6-9H,2,5H2,1H3. The second kappa shape index (κ2) is 4.22. The Morgan fingerprint density at radius 1 is 1.27 bits per heavy atom. The fourth-order valence-corrected chi connectivity index (χ4v) is 1.70. The van der Waals surface area contributed by atoms with Crippen LogP contribution in [-0.2, 0) is 0 Å². The summed E-state index contributed by atoms with van der Waals surface area (Å²) in [7, 11) is 0. The number of pyridine rings is 1. The van der Waals surface area contributed by atoms with Gasteiger partial charge < -0.3 is 0 Å². The van der Waals surface area contributed by atoms with Gasteiger partial charge in [0.2, 0.25) is 0 Å². The van der Waals surface area contributed by atoms with Gasteiger partial charge in [0, 0.05) is 29.8 Å². The SMILES string of the molecule is CCCC(=O)c1cncc2ccccc12. The zero-order valence-electron chi connectivity index (χ0n) is 8.73. The smallest absolute Gasteiger partial charge is 0.165 e. The second-order valence-electron chi connectivity index (χ2n) is 3.58. The number of ketones is 1. The van der Waals surface area contributed by atoms with E-state index < -0.39 is 0 Å². The van der Waals surface area contributed by atoms with E-state index in [1.165, 1.54) is 0 Å². The Bertz CT molecular complexity index is 485. The van der Waals surface area contributed by atoms with Gasteiger partial charge in [0.25, 0.3) is 0 Å². The lowest BCUT2D eigenvalue weighted by molar-refractivity contribution is 0.0983. The molecule has 15 heavy (non-hydrogen) atoms. The van der Waals surface area contributed by atoms with E-state index in [1.807, 2.05) is 31.2 Å². The monoisotopic (exact) mass is 199 g/mol. The molecule has 2 aromatic rings. The third-order valence-corrected chi connectivity index (χ3v) is 2.45. The van der Waals surface area contributed by atoms with Crippen LogP contribution in [-0.4, -0.2) is 10.8 Å². The Kier molecular flexibility index (Phi) is 2.77. The molecule has 0 aliphatic rings. The zero-order valence-corrected chi connectivity index (χ0v) is 8.73. The molecule has 0 fully saturated rings. The predicted octanol–water partition coefficient (Wildman–Crippen LogP) is 3.22. The Morgan fingerprint density at radius 3 is 2.87 bits per heavy atom. The fourth-order valence-electron chi connectivity index (χ4n) is 1.70. The van der Waals surface area contributed by atoms with Crippen molar-refractivity contribution in [3.63, 3.8) is 0 Å². The van der Waals surface area contributed by atoms with Crippen molar-refractivity contribution < 1.29 is 4.79 Å². The van der Waals surface area contributed by atoms with Crippen LogP contribution in [0.4, 0.5) is 0 Å². The number of fused-ring (bicyclic) bond motifs is 1. The molecule has 1 heterocycles. The van der Waals surface area contributed by atoms with E-state index in [1.54, 1.807) is 12.4 Å². The Balaban J connectivity index is 2.56. The molecule has 2 rings (SSSR count). The Morgan fingerprint density at radius 2 is 2.07 bits per heavy atom. The average Bonchev–Trinajstić information content (AvgIpc) is 2.28. The van der Waals surface area contributed by atoms with Gasteiger partial charge in [-0.2, -0.15) is 0 Å². The second-order valence-corrected chi connectivity index (χ2v) is 3.58. The first-order chi connectivity index (χ1) is 7.33. The van der Waals surface area contributed by atoms with Crippen LogP contribution in [0.2, 0.25) is 0 Å². The molecule has 2 nitrogen and oxygen atoms in total. The molecule has 0 aliphatic carbocycles. The number of Topliss-reactive ketones (excluding diaryl/α,β-unsaturated/α-hetero) is 1. The van der Waals surface area contributed by atoms with Gasteiger partial charge in [-0.15, -0.1) is 0 Å². The summed E-state index contributed by atoms with van der Waals surface area (Å²) in [5, 5.41) is 2.03. The molecular weight excluding hydrogens is 186 g/mol. The third kappa shape index (κ3) is 1.89. The van der Waals surface area contributed by atoms with Gasteiger partial charge in [-0.1, -0.05) is 31.2 Å². The van der Waals surface area contributed by atoms with Crippen LogP contribution in [0.1, 0.15) is 30.1 Å². The van der Waals surface area contributed by atoms with E-state index in [-0.39, 0.29) is 5.78 Å². The van der Waals surface area contributed by atoms with Crippen LogP contribution >= 0.6 is 0 Å². The highest BCUT2D eigenvalue weighted by Crippen LogP contribution is 2.18. The van der Waals surface area contributed by atoms with E-state index in [4.69, 9.17) is 0 Å². The first-order valence-electron chi connectivity index (χ1n) is 5.19. The maximum atomic E-state index is 11.8. The number of carbonyl (C=O) groups excluding carboxylic acids is 1. The van der Waals surface area contributed by atoms with Crippen molar-refractivity contribution in [1.29, 1.82) is 0 Å². The molecule has 0 N–H and O–H groups in total. The first-order valence-corrected chi connectivity index (χ1v) is 5.19. The van der Waals surface area contributed by atoms with E-state index in [9.17, 15) is 4.79 Å². The van der Waals surface area contributed by atoms with Gasteiger partial charge in [-0.3, -0.25) is 9.78 Å². The minimum Gasteiger partial charge on any atom is -0.294 e. The minimum atomic E-state index is 0.182. The topological polar surface area (TPSA) is 30.0 Å². The Labute approximate surface area is 89.0 Å². The van der Waals surface area contributed by atoms with Gasteiger partial charge in [0.05, 0.1) is 0 Å². The molecular formula is C13H13NO. The highest BCUT2D eigenvalue weighted by molar-refractivity contribution is 6.07. The molecule has 0 bridgehead atoms. The molecule has 0 amide bonds. The summed E-state index contributed by atoms with van der Waals surface area (Å²) in [6.07, 6.45) is 4.93. The van der Waals surface area contributed by atoms with Crippen molar-refractivity contribution >= 4 is 16.6 Å². The number of hydrogen-bond donors (Lipinski definition) is 0. The third-order valence-electron chi connectivity index (χ3n) is 2.45. The van der Waals surface area contributed by atoms with Crippen molar-refractivity contribution in [2.45, 2.75) is 19.8 Å². The van der Waals surface area contributed by atoms with Gasteiger partial charge in [-0.05, 0) is 11.8 Å². The number of benzene rings is 1. The molecule has 2 heteroatoms. The molecule has 0 spiro atoms. The number of carbonyl (C=O) groups is 1. The molecule has 1 aromatic heterocycles. The highest BCUT2D eigenvalue weighted by atomic mass is 16.1.